The van der Waals surface area contributed by atoms with Gasteiger partial charge in [0.2, 0.25) is 0 Å². The second kappa shape index (κ2) is 11.7. The normalized spacial score (nSPS) is 12.8. The fourth-order valence-electron chi connectivity index (χ4n) is 2.75. The van der Waals surface area contributed by atoms with E-state index >= 15 is 0 Å². The predicted octanol–water partition coefficient (Wildman–Crippen LogP) is 2.96. The molecule has 0 fully saturated rings. The zero-order chi connectivity index (χ0) is 21.2. The molecule has 0 aliphatic carbocycles. The summed E-state index contributed by atoms with van der Waals surface area (Å²) in [6, 6.07) is 13.9. The summed E-state index contributed by atoms with van der Waals surface area (Å²) in [6.07, 6.45) is 2.26. The van der Waals surface area contributed by atoms with Gasteiger partial charge >= 0.3 is 5.97 Å². The molecule has 0 heterocycles. The van der Waals surface area contributed by atoms with E-state index in [0.717, 1.165) is 16.8 Å². The maximum Gasteiger partial charge on any atom is 0.326 e. The Bertz CT molecular complexity index is 818. The van der Waals surface area contributed by atoms with E-state index in [1.165, 1.54) is 0 Å². The van der Waals surface area contributed by atoms with Crippen LogP contribution in [-0.4, -0.2) is 53.4 Å². The summed E-state index contributed by atoms with van der Waals surface area (Å²) >= 11 is 5.72. The molecule has 156 valence electrons. The average molecular weight is 434 g/mol. The van der Waals surface area contributed by atoms with Crippen molar-refractivity contribution >= 4 is 42.0 Å². The highest BCUT2D eigenvalue weighted by molar-refractivity contribution is 7.98. The molecule has 29 heavy (non-hydrogen) atoms. The number of benzene rings is 2. The summed E-state index contributed by atoms with van der Waals surface area (Å²) in [5.41, 5.74) is 8.67. The van der Waals surface area contributed by atoms with Crippen molar-refractivity contribution in [2.45, 2.75) is 18.5 Å². The second-order valence-electron chi connectivity index (χ2n) is 6.60. The molecule has 1 amide bonds. The highest BCUT2D eigenvalue weighted by Gasteiger charge is 2.22. The molecule has 2 aromatic rings. The Labute approximate surface area is 181 Å². The number of thiol groups is 1. The first-order valence-electron chi connectivity index (χ1n) is 9.28. The molecule has 2 rings (SSSR count). The first kappa shape index (κ1) is 23.1. The molecule has 8 heteroatoms. The van der Waals surface area contributed by atoms with Crippen LogP contribution in [0.25, 0.3) is 11.1 Å². The number of rotatable bonds is 11. The van der Waals surface area contributed by atoms with Crippen LogP contribution >= 0.6 is 24.4 Å². The maximum absolute atomic E-state index is 13.0. The van der Waals surface area contributed by atoms with Crippen LogP contribution in [0.1, 0.15) is 16.8 Å². The number of hydrogen-bond acceptors (Lipinski definition) is 6. The third-order valence-corrected chi connectivity index (χ3v) is 5.48. The van der Waals surface area contributed by atoms with E-state index in [1.807, 2.05) is 48.7 Å². The minimum Gasteiger partial charge on any atom is -0.480 e. The van der Waals surface area contributed by atoms with Gasteiger partial charge in [0.25, 0.3) is 5.91 Å². The van der Waals surface area contributed by atoms with Crippen molar-refractivity contribution in [1.82, 2.24) is 5.32 Å². The summed E-state index contributed by atoms with van der Waals surface area (Å²) in [5.74, 6) is -0.272. The molecule has 0 aliphatic heterocycles. The van der Waals surface area contributed by atoms with Crippen LogP contribution < -0.4 is 16.4 Å². The quantitative estimate of drug-likeness (QED) is 0.349. The molecule has 0 aliphatic rings. The number of amides is 1. The Hall–Kier alpha value is -2.16. The van der Waals surface area contributed by atoms with Crippen LogP contribution in [0.2, 0.25) is 0 Å². The zero-order valence-corrected chi connectivity index (χ0v) is 18.0. The Morgan fingerprint density at radius 2 is 1.93 bits per heavy atom. The molecule has 6 nitrogen and oxygen atoms in total. The van der Waals surface area contributed by atoms with E-state index < -0.39 is 17.9 Å². The number of thioether (sulfide) groups is 1. The monoisotopic (exact) mass is 433 g/mol. The van der Waals surface area contributed by atoms with E-state index in [-0.39, 0.29) is 6.04 Å². The van der Waals surface area contributed by atoms with Crippen LogP contribution in [0.15, 0.2) is 48.5 Å². The van der Waals surface area contributed by atoms with Gasteiger partial charge in [0.05, 0.1) is 0 Å². The highest BCUT2D eigenvalue weighted by Crippen LogP contribution is 2.27. The number of nitrogens with two attached hydrogens (primary N) is 1. The lowest BCUT2D eigenvalue weighted by Crippen LogP contribution is -2.41. The highest BCUT2D eigenvalue weighted by atomic mass is 32.2. The molecular weight excluding hydrogens is 406 g/mol. The molecule has 0 saturated heterocycles. The van der Waals surface area contributed by atoms with Crippen LogP contribution in [0, 0.1) is 0 Å². The van der Waals surface area contributed by atoms with Crippen molar-refractivity contribution in [2.75, 3.05) is 29.6 Å². The molecule has 2 unspecified atom stereocenters. The summed E-state index contributed by atoms with van der Waals surface area (Å²) in [5, 5.41) is 15.3. The first-order valence-corrected chi connectivity index (χ1v) is 11.3. The van der Waals surface area contributed by atoms with Gasteiger partial charge in [0, 0.05) is 29.6 Å². The van der Waals surface area contributed by atoms with Crippen LogP contribution in [-0.2, 0) is 4.79 Å². The third kappa shape index (κ3) is 6.99. The minimum atomic E-state index is -1.04. The number of anilines is 1. The lowest BCUT2D eigenvalue weighted by Gasteiger charge is -2.18. The van der Waals surface area contributed by atoms with Crippen LogP contribution in [0.3, 0.4) is 0 Å². The third-order valence-electron chi connectivity index (χ3n) is 4.37. The molecule has 0 saturated carbocycles. The van der Waals surface area contributed by atoms with E-state index in [1.54, 1.807) is 17.8 Å². The van der Waals surface area contributed by atoms with E-state index in [4.69, 9.17) is 5.73 Å². The van der Waals surface area contributed by atoms with Gasteiger partial charge in [-0.3, -0.25) is 4.79 Å². The van der Waals surface area contributed by atoms with Crippen molar-refractivity contribution in [3.8, 4) is 11.1 Å². The van der Waals surface area contributed by atoms with Gasteiger partial charge < -0.3 is 21.5 Å². The van der Waals surface area contributed by atoms with Crippen LogP contribution in [0.4, 0.5) is 5.69 Å². The van der Waals surface area contributed by atoms with Gasteiger partial charge in [-0.1, -0.05) is 36.4 Å². The van der Waals surface area contributed by atoms with E-state index in [9.17, 15) is 14.7 Å². The molecular formula is C21H27N3O3S2. The molecule has 5 N–H and O–H groups in total. The number of carboxylic acid groups (broad SMARTS) is 1. The Balaban J connectivity index is 2.33. The largest absolute Gasteiger partial charge is 0.480 e. The molecule has 0 aromatic heterocycles. The summed E-state index contributed by atoms with van der Waals surface area (Å²) in [7, 11) is 0. The lowest BCUT2D eigenvalue weighted by molar-refractivity contribution is -0.139. The van der Waals surface area contributed by atoms with Crippen molar-refractivity contribution in [2.24, 2.45) is 5.73 Å². The van der Waals surface area contributed by atoms with E-state index in [0.29, 0.717) is 30.0 Å². The summed E-state index contributed by atoms with van der Waals surface area (Å²) in [4.78, 5) is 24.6. The molecule has 0 spiro atoms. The standard InChI is InChI=1S/C21H27N3O3S2/c1-29-10-9-19(21(26)27)24-20(25)18-11-16(23-12-15(22)13-28)7-8-17(18)14-5-3-2-4-6-14/h2-8,11,15,19,23,28H,9-10,12-13,22H2,1H3,(H,24,25)(H,26,27). The maximum atomic E-state index is 13.0. The lowest BCUT2D eigenvalue weighted by atomic mass is 9.98. The fourth-order valence-corrected chi connectivity index (χ4v) is 3.35. The SMILES string of the molecule is CSCCC(NC(=O)c1cc(NCC(N)CS)ccc1-c1ccccc1)C(=O)O. The van der Waals surface area contributed by atoms with Gasteiger partial charge in [-0.25, -0.2) is 4.79 Å². The number of aliphatic carboxylic acids is 1. The minimum absolute atomic E-state index is 0.118. The van der Waals surface area contributed by atoms with E-state index in [2.05, 4.69) is 23.3 Å². The van der Waals surface area contributed by atoms with Crippen molar-refractivity contribution in [1.29, 1.82) is 0 Å². The smallest absolute Gasteiger partial charge is 0.326 e. The van der Waals surface area contributed by atoms with Crippen molar-refractivity contribution in [3.63, 3.8) is 0 Å². The molecule has 2 aromatic carbocycles. The second-order valence-corrected chi connectivity index (χ2v) is 7.95. The van der Waals surface area contributed by atoms with Gasteiger partial charge in [-0.15, -0.1) is 0 Å². The van der Waals surface area contributed by atoms with Gasteiger partial charge in [0.1, 0.15) is 6.04 Å². The molecule has 0 radical (unpaired) electrons. The van der Waals surface area contributed by atoms with Crippen molar-refractivity contribution < 1.29 is 14.7 Å². The number of hydrogen-bond donors (Lipinski definition) is 5. The summed E-state index contributed by atoms with van der Waals surface area (Å²) < 4.78 is 0. The Kier molecular flexibility index (Phi) is 9.37. The Morgan fingerprint density at radius 1 is 1.21 bits per heavy atom. The van der Waals surface area contributed by atoms with Crippen LogP contribution in [0.5, 0.6) is 0 Å². The summed E-state index contributed by atoms with van der Waals surface area (Å²) in [6.45, 7) is 0.515. The van der Waals surface area contributed by atoms with Gasteiger partial charge in [-0.2, -0.15) is 24.4 Å². The molecule has 2 atom stereocenters. The number of carbonyl (C=O) groups is 2. The fraction of sp³-hybridized carbons (Fsp3) is 0.333. The number of nitrogens with one attached hydrogen (secondary N) is 2. The first-order chi connectivity index (χ1) is 14.0. The predicted molar refractivity (Wildman–Crippen MR) is 124 cm³/mol. The number of carbonyl (C=O) groups excluding carboxylic acids is 1. The average Bonchev–Trinajstić information content (AvgIpc) is 2.74. The molecule has 0 bridgehead atoms. The van der Waals surface area contributed by atoms with Gasteiger partial charge in [0.15, 0.2) is 0 Å². The zero-order valence-electron chi connectivity index (χ0n) is 16.3. The van der Waals surface area contributed by atoms with Crippen molar-refractivity contribution in [3.05, 3.63) is 54.1 Å². The Morgan fingerprint density at radius 3 is 2.55 bits per heavy atom. The number of carboxylic acids is 1. The van der Waals surface area contributed by atoms with Gasteiger partial charge in [-0.05, 0) is 41.7 Å². The topological polar surface area (TPSA) is 104 Å².